The molecule has 0 aromatic heterocycles. The summed E-state index contributed by atoms with van der Waals surface area (Å²) in [6.45, 7) is 1.97. The number of carbonyl (C=O) groups is 1. The molecule has 0 aliphatic heterocycles. The van der Waals surface area contributed by atoms with Crippen LogP contribution in [0.5, 0.6) is 11.5 Å². The lowest BCUT2D eigenvalue weighted by Gasteiger charge is -2.14. The van der Waals surface area contributed by atoms with Gasteiger partial charge in [-0.2, -0.15) is 0 Å². The first-order chi connectivity index (χ1) is 12.5. The SMILES string of the molecule is COc1ccc(C)cc1NC(=O)Cc1c(OC)ccc2cc(Br)ccc12. The summed E-state index contributed by atoms with van der Waals surface area (Å²) in [5.41, 5.74) is 2.58. The number of halogens is 1. The summed E-state index contributed by atoms with van der Waals surface area (Å²) in [5, 5.41) is 5.00. The van der Waals surface area contributed by atoms with Crippen molar-refractivity contribution in [3.63, 3.8) is 0 Å². The van der Waals surface area contributed by atoms with Crippen LogP contribution >= 0.6 is 15.9 Å². The average Bonchev–Trinajstić information content (AvgIpc) is 2.62. The second kappa shape index (κ2) is 7.79. The molecule has 3 rings (SSSR count). The zero-order valence-electron chi connectivity index (χ0n) is 14.9. The van der Waals surface area contributed by atoms with Gasteiger partial charge >= 0.3 is 0 Å². The number of fused-ring (bicyclic) bond motifs is 1. The minimum absolute atomic E-state index is 0.123. The molecule has 0 saturated heterocycles. The van der Waals surface area contributed by atoms with Crippen LogP contribution in [0.15, 0.2) is 53.0 Å². The van der Waals surface area contributed by atoms with Crippen LogP contribution in [0.4, 0.5) is 5.69 Å². The van der Waals surface area contributed by atoms with E-state index in [1.807, 2.05) is 55.5 Å². The predicted molar refractivity (Wildman–Crippen MR) is 108 cm³/mol. The van der Waals surface area contributed by atoms with Crippen molar-refractivity contribution >= 4 is 38.3 Å². The van der Waals surface area contributed by atoms with Gasteiger partial charge in [0.1, 0.15) is 11.5 Å². The maximum atomic E-state index is 12.7. The van der Waals surface area contributed by atoms with Crippen LogP contribution in [-0.2, 0) is 11.2 Å². The maximum absolute atomic E-state index is 12.7. The molecule has 0 saturated carbocycles. The highest BCUT2D eigenvalue weighted by Crippen LogP contribution is 2.31. The summed E-state index contributed by atoms with van der Waals surface area (Å²) in [5.74, 6) is 1.21. The van der Waals surface area contributed by atoms with Gasteiger partial charge in [0.2, 0.25) is 5.91 Å². The summed E-state index contributed by atoms with van der Waals surface area (Å²) >= 11 is 3.49. The van der Waals surface area contributed by atoms with Gasteiger partial charge in [-0.05, 0) is 53.6 Å². The summed E-state index contributed by atoms with van der Waals surface area (Å²) in [6.07, 6.45) is 0.208. The zero-order valence-corrected chi connectivity index (χ0v) is 16.5. The van der Waals surface area contributed by atoms with Crippen LogP contribution in [0.25, 0.3) is 10.8 Å². The van der Waals surface area contributed by atoms with Crippen LogP contribution in [0.3, 0.4) is 0 Å². The number of amides is 1. The van der Waals surface area contributed by atoms with E-state index < -0.39 is 0 Å². The normalized spacial score (nSPS) is 10.6. The summed E-state index contributed by atoms with van der Waals surface area (Å²) in [4.78, 5) is 12.7. The Balaban J connectivity index is 1.93. The number of hydrogen-bond donors (Lipinski definition) is 1. The molecule has 0 heterocycles. The van der Waals surface area contributed by atoms with Crippen molar-refractivity contribution in [2.45, 2.75) is 13.3 Å². The van der Waals surface area contributed by atoms with Crippen LogP contribution in [0, 0.1) is 6.92 Å². The topological polar surface area (TPSA) is 47.6 Å². The maximum Gasteiger partial charge on any atom is 0.229 e. The molecular formula is C21H20BrNO3. The minimum atomic E-state index is -0.123. The van der Waals surface area contributed by atoms with Crippen molar-refractivity contribution in [2.75, 3.05) is 19.5 Å². The Hall–Kier alpha value is -2.53. The number of ether oxygens (including phenoxy) is 2. The van der Waals surface area contributed by atoms with E-state index in [-0.39, 0.29) is 12.3 Å². The first-order valence-electron chi connectivity index (χ1n) is 8.21. The quantitative estimate of drug-likeness (QED) is 0.631. The van der Waals surface area contributed by atoms with E-state index in [1.165, 1.54) is 0 Å². The van der Waals surface area contributed by atoms with E-state index in [9.17, 15) is 4.79 Å². The number of anilines is 1. The molecule has 3 aromatic rings. The number of rotatable bonds is 5. The van der Waals surface area contributed by atoms with E-state index in [1.54, 1.807) is 14.2 Å². The second-order valence-corrected chi connectivity index (χ2v) is 6.96. The molecule has 0 radical (unpaired) electrons. The van der Waals surface area contributed by atoms with Crippen molar-refractivity contribution in [3.8, 4) is 11.5 Å². The molecule has 1 N–H and O–H groups in total. The largest absolute Gasteiger partial charge is 0.496 e. The molecular weight excluding hydrogens is 394 g/mol. The Kier molecular flexibility index (Phi) is 5.47. The van der Waals surface area contributed by atoms with Crippen LogP contribution in [-0.4, -0.2) is 20.1 Å². The predicted octanol–water partition coefficient (Wildman–Crippen LogP) is 5.11. The Labute approximate surface area is 161 Å². The van der Waals surface area contributed by atoms with Crippen molar-refractivity contribution in [2.24, 2.45) is 0 Å². The van der Waals surface area contributed by atoms with Gasteiger partial charge in [0.25, 0.3) is 0 Å². The number of carbonyl (C=O) groups excluding carboxylic acids is 1. The molecule has 5 heteroatoms. The fourth-order valence-electron chi connectivity index (χ4n) is 2.99. The summed E-state index contributed by atoms with van der Waals surface area (Å²) < 4.78 is 11.8. The number of hydrogen-bond acceptors (Lipinski definition) is 3. The molecule has 26 heavy (non-hydrogen) atoms. The lowest BCUT2D eigenvalue weighted by atomic mass is 10.0. The molecule has 1 amide bonds. The van der Waals surface area contributed by atoms with Gasteiger partial charge in [0.05, 0.1) is 26.3 Å². The number of aryl methyl sites for hydroxylation is 1. The smallest absolute Gasteiger partial charge is 0.229 e. The van der Waals surface area contributed by atoms with Gasteiger partial charge in [-0.1, -0.05) is 34.1 Å². The van der Waals surface area contributed by atoms with Crippen molar-refractivity contribution in [1.29, 1.82) is 0 Å². The summed E-state index contributed by atoms with van der Waals surface area (Å²) in [6, 6.07) is 15.6. The fourth-order valence-corrected chi connectivity index (χ4v) is 3.37. The van der Waals surface area contributed by atoms with Crippen LogP contribution in [0.2, 0.25) is 0 Å². The molecule has 0 atom stereocenters. The fraction of sp³-hybridized carbons (Fsp3) is 0.190. The van der Waals surface area contributed by atoms with Gasteiger partial charge < -0.3 is 14.8 Å². The lowest BCUT2D eigenvalue weighted by Crippen LogP contribution is -2.16. The molecule has 4 nitrogen and oxygen atoms in total. The molecule has 0 aliphatic rings. The molecule has 0 spiro atoms. The van der Waals surface area contributed by atoms with E-state index >= 15 is 0 Å². The minimum Gasteiger partial charge on any atom is -0.496 e. The number of methoxy groups -OCH3 is 2. The van der Waals surface area contributed by atoms with E-state index in [4.69, 9.17) is 9.47 Å². The zero-order chi connectivity index (χ0) is 18.7. The van der Waals surface area contributed by atoms with E-state index in [2.05, 4.69) is 21.2 Å². The number of nitrogens with one attached hydrogen (secondary N) is 1. The third-order valence-corrected chi connectivity index (χ3v) is 4.73. The van der Waals surface area contributed by atoms with Crippen LogP contribution in [0.1, 0.15) is 11.1 Å². The molecule has 3 aromatic carbocycles. The Bertz CT molecular complexity index is 969. The highest BCUT2D eigenvalue weighted by molar-refractivity contribution is 9.10. The first kappa shape index (κ1) is 18.3. The van der Waals surface area contributed by atoms with Gasteiger partial charge in [0, 0.05) is 10.0 Å². The second-order valence-electron chi connectivity index (χ2n) is 6.04. The monoisotopic (exact) mass is 413 g/mol. The molecule has 0 bridgehead atoms. The van der Waals surface area contributed by atoms with Crippen molar-refractivity contribution in [3.05, 3.63) is 64.1 Å². The Morgan fingerprint density at radius 2 is 1.73 bits per heavy atom. The van der Waals surface area contributed by atoms with Crippen LogP contribution < -0.4 is 14.8 Å². The molecule has 0 fully saturated rings. The van der Waals surface area contributed by atoms with Crippen molar-refractivity contribution < 1.29 is 14.3 Å². The Morgan fingerprint density at radius 3 is 2.46 bits per heavy atom. The molecule has 0 aliphatic carbocycles. The standard InChI is InChI=1S/C21H20BrNO3/c1-13-4-8-20(26-3)18(10-13)23-21(24)12-17-16-7-6-15(22)11-14(16)5-9-19(17)25-2/h4-11H,12H2,1-3H3,(H,23,24). The van der Waals surface area contributed by atoms with Gasteiger partial charge in [-0.15, -0.1) is 0 Å². The third-order valence-electron chi connectivity index (χ3n) is 4.24. The Morgan fingerprint density at radius 1 is 1.00 bits per heavy atom. The molecule has 0 unspecified atom stereocenters. The summed E-state index contributed by atoms with van der Waals surface area (Å²) in [7, 11) is 3.21. The highest BCUT2D eigenvalue weighted by atomic mass is 79.9. The number of benzene rings is 3. The van der Waals surface area contributed by atoms with Gasteiger partial charge in [0.15, 0.2) is 0 Å². The van der Waals surface area contributed by atoms with E-state index in [0.29, 0.717) is 17.2 Å². The van der Waals surface area contributed by atoms with Crippen molar-refractivity contribution in [1.82, 2.24) is 0 Å². The third kappa shape index (κ3) is 3.83. The average molecular weight is 414 g/mol. The highest BCUT2D eigenvalue weighted by Gasteiger charge is 2.15. The van der Waals surface area contributed by atoms with E-state index in [0.717, 1.165) is 26.4 Å². The van der Waals surface area contributed by atoms with Gasteiger partial charge in [-0.3, -0.25) is 4.79 Å². The van der Waals surface area contributed by atoms with Gasteiger partial charge in [-0.25, -0.2) is 0 Å². The first-order valence-corrected chi connectivity index (χ1v) is 9.00. The lowest BCUT2D eigenvalue weighted by molar-refractivity contribution is -0.115. The molecule has 134 valence electrons.